The van der Waals surface area contributed by atoms with Crippen LogP contribution in [0.3, 0.4) is 0 Å². The van der Waals surface area contributed by atoms with Crippen LogP contribution in [0.1, 0.15) is 65.7 Å². The van der Waals surface area contributed by atoms with Crippen molar-refractivity contribution in [3.63, 3.8) is 0 Å². The Bertz CT molecular complexity index is 544. The zero-order valence-corrected chi connectivity index (χ0v) is 14.9. The van der Waals surface area contributed by atoms with Crippen molar-refractivity contribution in [2.24, 2.45) is 34.5 Å². The van der Waals surface area contributed by atoms with Crippen molar-refractivity contribution < 1.29 is 9.59 Å². The lowest BCUT2D eigenvalue weighted by atomic mass is 9.48. The Kier molecular flexibility index (Phi) is 3.54. The van der Waals surface area contributed by atoms with E-state index in [1.807, 2.05) is 0 Å². The van der Waals surface area contributed by atoms with E-state index in [0.29, 0.717) is 29.4 Å². The number of ketones is 2. The van der Waals surface area contributed by atoms with E-state index in [1.165, 1.54) is 19.3 Å². The highest BCUT2D eigenvalue weighted by Gasteiger charge is 2.60. The minimum absolute atomic E-state index is 0.225. The van der Waals surface area contributed by atoms with Crippen LogP contribution in [0.2, 0.25) is 0 Å². The lowest BCUT2D eigenvalue weighted by Crippen LogP contribution is -2.63. The van der Waals surface area contributed by atoms with Crippen molar-refractivity contribution in [1.82, 2.24) is 5.32 Å². The molecule has 0 amide bonds. The summed E-state index contributed by atoms with van der Waals surface area (Å²) >= 11 is 0. The molecule has 23 heavy (non-hydrogen) atoms. The summed E-state index contributed by atoms with van der Waals surface area (Å²) in [6.07, 6.45) is 7.35. The van der Waals surface area contributed by atoms with Crippen molar-refractivity contribution in [1.29, 1.82) is 0 Å². The number of rotatable bonds is 1. The predicted molar refractivity (Wildman–Crippen MR) is 90.0 cm³/mol. The number of hydrogen-bond donors (Lipinski definition) is 1. The molecule has 4 rings (SSSR count). The van der Waals surface area contributed by atoms with Gasteiger partial charge in [0, 0.05) is 24.8 Å². The van der Waals surface area contributed by atoms with E-state index in [9.17, 15) is 9.59 Å². The summed E-state index contributed by atoms with van der Waals surface area (Å²) in [5.74, 6) is 3.27. The molecule has 3 nitrogen and oxygen atoms in total. The van der Waals surface area contributed by atoms with Gasteiger partial charge < -0.3 is 5.32 Å². The number of carbonyl (C=O) groups excluding carboxylic acids is 2. The van der Waals surface area contributed by atoms with Gasteiger partial charge in [-0.25, -0.2) is 0 Å². The molecule has 0 aromatic heterocycles. The number of fused-ring (bicyclic) bond motifs is 5. The first kappa shape index (κ1) is 15.8. The molecule has 0 unspecified atom stereocenters. The van der Waals surface area contributed by atoms with Gasteiger partial charge in [-0.05, 0) is 74.2 Å². The Labute approximate surface area is 140 Å². The molecule has 0 bridgehead atoms. The van der Waals surface area contributed by atoms with Crippen LogP contribution in [0.25, 0.3) is 0 Å². The average Bonchev–Trinajstić information content (AvgIpc) is 2.85. The quantitative estimate of drug-likeness (QED) is 0.806. The highest BCUT2D eigenvalue weighted by Crippen LogP contribution is 2.64. The first-order chi connectivity index (χ1) is 10.9. The summed E-state index contributed by atoms with van der Waals surface area (Å²) in [7, 11) is 0. The largest absolute Gasteiger partial charge is 0.313 e. The number of piperidine rings is 1. The van der Waals surface area contributed by atoms with Crippen LogP contribution >= 0.6 is 0 Å². The minimum atomic E-state index is 0.225. The molecule has 128 valence electrons. The van der Waals surface area contributed by atoms with Crippen molar-refractivity contribution >= 4 is 11.6 Å². The molecule has 4 fully saturated rings. The molecule has 1 saturated heterocycles. The van der Waals surface area contributed by atoms with Crippen LogP contribution in [0, 0.1) is 34.5 Å². The lowest BCUT2D eigenvalue weighted by molar-refractivity contribution is -0.137. The zero-order chi connectivity index (χ0) is 16.4. The molecule has 3 aliphatic carbocycles. The minimum Gasteiger partial charge on any atom is -0.313 e. The smallest absolute Gasteiger partial charge is 0.134 e. The van der Waals surface area contributed by atoms with Gasteiger partial charge in [0.05, 0.1) is 0 Å². The Hall–Kier alpha value is -0.700. The van der Waals surface area contributed by atoms with Crippen LogP contribution in [0.5, 0.6) is 0 Å². The predicted octanol–water partition coefficient (Wildman–Crippen LogP) is 3.37. The summed E-state index contributed by atoms with van der Waals surface area (Å²) in [6, 6.07) is 0.388. The molecule has 1 N–H and O–H groups in total. The molecule has 4 aliphatic rings. The van der Waals surface area contributed by atoms with E-state index >= 15 is 0 Å². The second-order valence-electron chi connectivity index (χ2n) is 9.37. The fourth-order valence-corrected chi connectivity index (χ4v) is 7.23. The van der Waals surface area contributed by atoms with Gasteiger partial charge in [-0.15, -0.1) is 0 Å². The van der Waals surface area contributed by atoms with E-state index in [-0.39, 0.29) is 16.7 Å². The summed E-state index contributed by atoms with van der Waals surface area (Å²) in [5, 5.41) is 3.76. The van der Waals surface area contributed by atoms with E-state index in [0.717, 1.165) is 38.1 Å². The third-order valence-electron chi connectivity index (χ3n) is 8.55. The standard InChI is InChI=1S/C20H31NO2/c1-12(22)15-4-5-16-14-11-21-18-10-13(23)6-8-20(18,3)17(14)7-9-19(15,16)2/h14-18,21H,4-11H2,1-3H3/t14-,15+,16-,17-,18-,19+,20+/m0/s1. The summed E-state index contributed by atoms with van der Waals surface area (Å²) in [6.45, 7) is 7.69. The highest BCUT2D eigenvalue weighted by atomic mass is 16.1. The molecule has 0 radical (unpaired) electrons. The second kappa shape index (κ2) is 5.15. The summed E-state index contributed by atoms with van der Waals surface area (Å²) < 4.78 is 0. The number of Topliss-reactive ketones (excluding diaryl/α,β-unsaturated/α-hetero) is 2. The van der Waals surface area contributed by atoms with Gasteiger partial charge in [-0.2, -0.15) is 0 Å². The van der Waals surface area contributed by atoms with E-state index in [4.69, 9.17) is 0 Å². The Balaban J connectivity index is 1.63. The molecule has 3 saturated carbocycles. The normalized spacial score (nSPS) is 52.5. The molecule has 1 heterocycles. The van der Waals surface area contributed by atoms with Crippen molar-refractivity contribution in [3.8, 4) is 0 Å². The zero-order valence-electron chi connectivity index (χ0n) is 14.9. The summed E-state index contributed by atoms with van der Waals surface area (Å²) in [5.41, 5.74) is 0.509. The maximum atomic E-state index is 12.1. The van der Waals surface area contributed by atoms with Gasteiger partial charge in [-0.3, -0.25) is 9.59 Å². The van der Waals surface area contributed by atoms with Gasteiger partial charge >= 0.3 is 0 Å². The van der Waals surface area contributed by atoms with Gasteiger partial charge in [-0.1, -0.05) is 13.8 Å². The van der Waals surface area contributed by atoms with Crippen molar-refractivity contribution in [2.75, 3.05) is 6.54 Å². The van der Waals surface area contributed by atoms with E-state index < -0.39 is 0 Å². The van der Waals surface area contributed by atoms with Crippen LogP contribution in [-0.4, -0.2) is 24.2 Å². The van der Waals surface area contributed by atoms with Gasteiger partial charge in [0.1, 0.15) is 11.6 Å². The Morgan fingerprint density at radius 2 is 1.83 bits per heavy atom. The Morgan fingerprint density at radius 3 is 2.57 bits per heavy atom. The number of carbonyl (C=O) groups is 2. The molecular weight excluding hydrogens is 286 g/mol. The SMILES string of the molecule is CC(=O)[C@H]1CC[C@H]2[C@@H]3CN[C@H]4CC(=O)CC[C@]4(C)[C@H]3CC[C@]12C. The second-order valence-corrected chi connectivity index (χ2v) is 9.37. The van der Waals surface area contributed by atoms with Crippen LogP contribution in [0.4, 0.5) is 0 Å². The number of nitrogens with one attached hydrogen (secondary N) is 1. The third kappa shape index (κ3) is 2.11. The van der Waals surface area contributed by atoms with Gasteiger partial charge in [0.2, 0.25) is 0 Å². The molecule has 0 aromatic rings. The average molecular weight is 317 g/mol. The summed E-state index contributed by atoms with van der Waals surface area (Å²) in [4.78, 5) is 24.0. The Morgan fingerprint density at radius 1 is 1.09 bits per heavy atom. The van der Waals surface area contributed by atoms with Crippen LogP contribution < -0.4 is 5.32 Å². The fraction of sp³-hybridized carbons (Fsp3) is 0.900. The monoisotopic (exact) mass is 317 g/mol. The van der Waals surface area contributed by atoms with E-state index in [1.54, 1.807) is 6.92 Å². The topological polar surface area (TPSA) is 46.2 Å². The first-order valence-electron chi connectivity index (χ1n) is 9.62. The van der Waals surface area contributed by atoms with E-state index in [2.05, 4.69) is 19.2 Å². The maximum Gasteiger partial charge on any atom is 0.134 e. The van der Waals surface area contributed by atoms with Crippen LogP contribution in [-0.2, 0) is 9.59 Å². The lowest BCUT2D eigenvalue weighted by Gasteiger charge is -2.60. The van der Waals surface area contributed by atoms with Gasteiger partial charge in [0.25, 0.3) is 0 Å². The molecule has 7 atom stereocenters. The van der Waals surface area contributed by atoms with Crippen molar-refractivity contribution in [3.05, 3.63) is 0 Å². The number of hydrogen-bond acceptors (Lipinski definition) is 3. The fourth-order valence-electron chi connectivity index (χ4n) is 7.23. The molecule has 1 aliphatic heterocycles. The van der Waals surface area contributed by atoms with Crippen LogP contribution in [0.15, 0.2) is 0 Å². The van der Waals surface area contributed by atoms with Crippen molar-refractivity contribution in [2.45, 2.75) is 71.8 Å². The molecule has 0 aromatic carbocycles. The molecule has 3 heteroatoms. The molecule has 0 spiro atoms. The first-order valence-corrected chi connectivity index (χ1v) is 9.62. The maximum absolute atomic E-state index is 12.1. The highest BCUT2D eigenvalue weighted by molar-refractivity contribution is 5.80. The van der Waals surface area contributed by atoms with Gasteiger partial charge in [0.15, 0.2) is 0 Å². The third-order valence-corrected chi connectivity index (χ3v) is 8.55. The molecular formula is C20H31NO2.